The van der Waals surface area contributed by atoms with Crippen LogP contribution in [0.1, 0.15) is 10.4 Å². The number of carbonyl (C=O) groups is 2. The molecule has 5 nitrogen and oxygen atoms in total. The minimum atomic E-state index is -1.07. The molecule has 0 aliphatic carbocycles. The second-order valence-electron chi connectivity index (χ2n) is 5.76. The number of amides is 2. The molecule has 2 aromatic carbocycles. The molecule has 1 N–H and O–H groups in total. The molecule has 3 rings (SSSR count). The Balaban J connectivity index is 1.57. The molecule has 1 heterocycles. The first kappa shape index (κ1) is 16.9. The van der Waals surface area contributed by atoms with Gasteiger partial charge in [-0.25, -0.2) is 8.78 Å². The van der Waals surface area contributed by atoms with Crippen LogP contribution in [-0.4, -0.2) is 36.9 Å². The summed E-state index contributed by atoms with van der Waals surface area (Å²) in [6.07, 6.45) is 0. The summed E-state index contributed by atoms with van der Waals surface area (Å²) >= 11 is 0. The summed E-state index contributed by atoms with van der Waals surface area (Å²) in [5.41, 5.74) is 0.667. The van der Waals surface area contributed by atoms with E-state index in [0.717, 1.165) is 12.1 Å². The standard InChI is InChI=1S/C18H16F2N2O3/c1-25-14-4-2-3-13(8-14)21-17(23)12-9-22(10-12)18(24)11-5-6-15(19)16(20)7-11/h2-8,12H,9-10H2,1H3,(H,21,23). The molecule has 0 atom stereocenters. The molecule has 0 aromatic heterocycles. The topological polar surface area (TPSA) is 58.6 Å². The van der Waals surface area contributed by atoms with Crippen molar-refractivity contribution in [1.29, 1.82) is 0 Å². The number of nitrogens with one attached hydrogen (secondary N) is 1. The fourth-order valence-corrected chi connectivity index (χ4v) is 2.57. The molecule has 0 unspecified atom stereocenters. The first-order valence-electron chi connectivity index (χ1n) is 7.67. The molecule has 25 heavy (non-hydrogen) atoms. The Morgan fingerprint density at radius 3 is 2.56 bits per heavy atom. The number of ether oxygens (including phenoxy) is 1. The Kier molecular flexibility index (Phi) is 4.65. The highest BCUT2D eigenvalue weighted by Crippen LogP contribution is 2.23. The van der Waals surface area contributed by atoms with Crippen molar-refractivity contribution < 1.29 is 23.1 Å². The van der Waals surface area contributed by atoms with E-state index in [-0.39, 0.29) is 30.5 Å². The molecule has 1 saturated heterocycles. The van der Waals surface area contributed by atoms with Gasteiger partial charge in [0.2, 0.25) is 5.91 Å². The normalized spacial score (nSPS) is 14.0. The Morgan fingerprint density at radius 2 is 1.88 bits per heavy atom. The van der Waals surface area contributed by atoms with Gasteiger partial charge in [0.15, 0.2) is 11.6 Å². The number of methoxy groups -OCH3 is 1. The van der Waals surface area contributed by atoms with Gasteiger partial charge in [-0.3, -0.25) is 9.59 Å². The molecule has 130 valence electrons. The zero-order valence-corrected chi connectivity index (χ0v) is 13.5. The number of halogens is 2. The average Bonchev–Trinajstić information content (AvgIpc) is 2.56. The van der Waals surface area contributed by atoms with E-state index in [1.54, 1.807) is 24.3 Å². The lowest BCUT2D eigenvalue weighted by atomic mass is 9.97. The van der Waals surface area contributed by atoms with E-state index in [1.807, 2.05) is 0 Å². The van der Waals surface area contributed by atoms with Crippen LogP contribution in [0.4, 0.5) is 14.5 Å². The van der Waals surface area contributed by atoms with Crippen molar-refractivity contribution in [2.75, 3.05) is 25.5 Å². The van der Waals surface area contributed by atoms with E-state index in [2.05, 4.69) is 5.32 Å². The Bertz CT molecular complexity index is 820. The number of carbonyl (C=O) groups excluding carboxylic acids is 2. The van der Waals surface area contributed by atoms with Crippen molar-refractivity contribution in [2.45, 2.75) is 0 Å². The lowest BCUT2D eigenvalue weighted by Crippen LogP contribution is -2.54. The molecule has 2 amide bonds. The van der Waals surface area contributed by atoms with E-state index in [9.17, 15) is 18.4 Å². The zero-order chi connectivity index (χ0) is 18.0. The highest BCUT2D eigenvalue weighted by molar-refractivity contribution is 5.98. The molecular weight excluding hydrogens is 330 g/mol. The van der Waals surface area contributed by atoms with Crippen molar-refractivity contribution in [2.24, 2.45) is 5.92 Å². The largest absolute Gasteiger partial charge is 0.497 e. The quantitative estimate of drug-likeness (QED) is 0.926. The summed E-state index contributed by atoms with van der Waals surface area (Å²) in [4.78, 5) is 25.8. The summed E-state index contributed by atoms with van der Waals surface area (Å²) < 4.78 is 31.2. The summed E-state index contributed by atoms with van der Waals surface area (Å²) in [6, 6.07) is 9.96. The van der Waals surface area contributed by atoms with Crippen LogP contribution >= 0.6 is 0 Å². The maximum Gasteiger partial charge on any atom is 0.254 e. The lowest BCUT2D eigenvalue weighted by Gasteiger charge is -2.38. The fraction of sp³-hybridized carbons (Fsp3) is 0.222. The van der Waals surface area contributed by atoms with Crippen LogP contribution in [0.3, 0.4) is 0 Å². The molecular formula is C18H16F2N2O3. The number of rotatable bonds is 4. The Hall–Kier alpha value is -2.96. The maximum atomic E-state index is 13.2. The van der Waals surface area contributed by atoms with E-state index >= 15 is 0 Å². The van der Waals surface area contributed by atoms with Gasteiger partial charge in [-0.05, 0) is 30.3 Å². The summed E-state index contributed by atoms with van der Waals surface area (Å²) in [5.74, 6) is -2.43. The Labute approximate surface area is 143 Å². The third-order valence-electron chi connectivity index (χ3n) is 4.04. The van der Waals surface area contributed by atoms with Gasteiger partial charge in [0.25, 0.3) is 5.91 Å². The maximum absolute atomic E-state index is 13.2. The van der Waals surface area contributed by atoms with Crippen LogP contribution in [0.5, 0.6) is 5.75 Å². The van der Waals surface area contributed by atoms with Crippen LogP contribution in [0.15, 0.2) is 42.5 Å². The van der Waals surface area contributed by atoms with Gasteiger partial charge in [0, 0.05) is 30.4 Å². The molecule has 7 heteroatoms. The smallest absolute Gasteiger partial charge is 0.254 e. The molecule has 0 bridgehead atoms. The van der Waals surface area contributed by atoms with Crippen molar-refractivity contribution >= 4 is 17.5 Å². The molecule has 1 fully saturated rings. The third-order valence-corrected chi connectivity index (χ3v) is 4.04. The summed E-state index contributed by atoms with van der Waals surface area (Å²) in [7, 11) is 1.54. The summed E-state index contributed by atoms with van der Waals surface area (Å²) in [5, 5.41) is 2.77. The zero-order valence-electron chi connectivity index (χ0n) is 13.5. The predicted octanol–water partition coefficient (Wildman–Crippen LogP) is 2.68. The van der Waals surface area contributed by atoms with Crippen LogP contribution in [0, 0.1) is 17.6 Å². The van der Waals surface area contributed by atoms with Gasteiger partial charge in [-0.1, -0.05) is 6.07 Å². The Morgan fingerprint density at radius 1 is 1.12 bits per heavy atom. The number of likely N-dealkylation sites (tertiary alicyclic amines) is 1. The van der Waals surface area contributed by atoms with Crippen LogP contribution in [-0.2, 0) is 4.79 Å². The second-order valence-corrected chi connectivity index (χ2v) is 5.76. The van der Waals surface area contributed by atoms with E-state index in [0.29, 0.717) is 11.4 Å². The first-order valence-corrected chi connectivity index (χ1v) is 7.67. The third kappa shape index (κ3) is 3.60. The average molecular weight is 346 g/mol. The number of hydrogen-bond donors (Lipinski definition) is 1. The van der Waals surface area contributed by atoms with Gasteiger partial charge in [-0.15, -0.1) is 0 Å². The molecule has 0 saturated carbocycles. The molecule has 1 aliphatic rings. The number of benzene rings is 2. The molecule has 1 aliphatic heterocycles. The van der Waals surface area contributed by atoms with Crippen molar-refractivity contribution in [1.82, 2.24) is 4.90 Å². The molecule has 0 spiro atoms. The van der Waals surface area contributed by atoms with Crippen LogP contribution in [0.2, 0.25) is 0 Å². The monoisotopic (exact) mass is 346 g/mol. The van der Waals surface area contributed by atoms with Crippen molar-refractivity contribution in [3.63, 3.8) is 0 Å². The fourth-order valence-electron chi connectivity index (χ4n) is 2.57. The van der Waals surface area contributed by atoms with Gasteiger partial charge >= 0.3 is 0 Å². The van der Waals surface area contributed by atoms with Gasteiger partial charge in [0.05, 0.1) is 13.0 Å². The highest BCUT2D eigenvalue weighted by Gasteiger charge is 2.36. The van der Waals surface area contributed by atoms with Crippen LogP contribution in [0.25, 0.3) is 0 Å². The van der Waals surface area contributed by atoms with E-state index in [1.165, 1.54) is 18.1 Å². The minimum Gasteiger partial charge on any atom is -0.497 e. The second kappa shape index (κ2) is 6.88. The van der Waals surface area contributed by atoms with Crippen molar-refractivity contribution in [3.05, 3.63) is 59.7 Å². The highest BCUT2D eigenvalue weighted by atomic mass is 19.2. The van der Waals surface area contributed by atoms with Crippen LogP contribution < -0.4 is 10.1 Å². The minimum absolute atomic E-state index is 0.0607. The van der Waals surface area contributed by atoms with E-state index in [4.69, 9.17) is 4.74 Å². The molecule has 2 aromatic rings. The first-order chi connectivity index (χ1) is 12.0. The lowest BCUT2D eigenvalue weighted by molar-refractivity contribution is -0.123. The van der Waals surface area contributed by atoms with Gasteiger partial charge in [-0.2, -0.15) is 0 Å². The molecule has 0 radical (unpaired) electrons. The SMILES string of the molecule is COc1cccc(NC(=O)C2CN(C(=O)c3ccc(F)c(F)c3)C2)c1. The summed E-state index contributed by atoms with van der Waals surface area (Å²) in [6.45, 7) is 0.460. The van der Waals surface area contributed by atoms with E-state index < -0.39 is 17.5 Å². The van der Waals surface area contributed by atoms with Crippen molar-refractivity contribution in [3.8, 4) is 5.75 Å². The number of anilines is 1. The predicted molar refractivity (Wildman–Crippen MR) is 87.4 cm³/mol. The number of nitrogens with zero attached hydrogens (tertiary/aromatic N) is 1. The number of hydrogen-bond acceptors (Lipinski definition) is 3. The van der Waals surface area contributed by atoms with Gasteiger partial charge in [0.1, 0.15) is 5.75 Å². The van der Waals surface area contributed by atoms with Gasteiger partial charge < -0.3 is 15.0 Å².